The lowest BCUT2D eigenvalue weighted by Gasteiger charge is -2.29. The van der Waals surface area contributed by atoms with Crippen molar-refractivity contribution < 1.29 is 14.0 Å². The van der Waals surface area contributed by atoms with Gasteiger partial charge in [0.05, 0.1) is 12.6 Å². The molecule has 1 fully saturated rings. The van der Waals surface area contributed by atoms with Crippen molar-refractivity contribution in [2.45, 2.75) is 33.2 Å². The molecule has 0 bridgehead atoms. The third kappa shape index (κ3) is 2.51. The molecule has 0 aromatic carbocycles. The number of carbonyl (C=O) groups is 1. The summed E-state index contributed by atoms with van der Waals surface area (Å²) >= 11 is 0. The molecule has 1 saturated heterocycles. The highest BCUT2D eigenvalue weighted by Gasteiger charge is 2.37. The summed E-state index contributed by atoms with van der Waals surface area (Å²) in [5, 5.41) is 1.37. The molecule has 98 valence electrons. The van der Waals surface area contributed by atoms with Gasteiger partial charge in [-0.15, -0.1) is 0 Å². The minimum absolute atomic E-state index is 0.0952. The van der Waals surface area contributed by atoms with E-state index >= 15 is 0 Å². The average Bonchev–Trinajstić information content (AvgIpc) is 2.75. The Kier molecular flexibility index (Phi) is 3.34. The van der Waals surface area contributed by atoms with E-state index in [1.54, 1.807) is 6.07 Å². The van der Waals surface area contributed by atoms with Crippen LogP contribution in [0.5, 0.6) is 0 Å². The average molecular weight is 252 g/mol. The molecule has 2 rings (SSSR count). The zero-order valence-corrected chi connectivity index (χ0v) is 10.8. The summed E-state index contributed by atoms with van der Waals surface area (Å²) in [6.45, 7) is 5.97. The lowest BCUT2D eigenvalue weighted by atomic mass is 9.94. The van der Waals surface area contributed by atoms with Gasteiger partial charge in [0.1, 0.15) is 0 Å². The number of halogens is 1. The first-order valence-corrected chi connectivity index (χ1v) is 5.97. The molecule has 0 saturated carbocycles. The van der Waals surface area contributed by atoms with Gasteiger partial charge in [0.25, 0.3) is 5.91 Å². The van der Waals surface area contributed by atoms with Crippen LogP contribution in [0.1, 0.15) is 38.8 Å². The fraction of sp³-hybridized carbons (Fsp3) is 0.538. The monoisotopic (exact) mass is 252 g/mol. The largest absolute Gasteiger partial charge is 0.272 e. The van der Waals surface area contributed by atoms with Crippen molar-refractivity contribution in [1.29, 1.82) is 0 Å². The van der Waals surface area contributed by atoms with Gasteiger partial charge < -0.3 is 0 Å². The third-order valence-electron chi connectivity index (χ3n) is 2.88. The number of hydrogen-bond donors (Lipinski definition) is 0. The molecule has 1 aromatic heterocycles. The molecule has 0 radical (unpaired) electrons. The predicted molar refractivity (Wildman–Crippen MR) is 63.8 cm³/mol. The van der Waals surface area contributed by atoms with E-state index in [4.69, 9.17) is 4.84 Å². The lowest BCUT2D eigenvalue weighted by molar-refractivity contribution is -0.186. The highest BCUT2D eigenvalue weighted by Crippen LogP contribution is 2.33. The summed E-state index contributed by atoms with van der Waals surface area (Å²) in [6, 6.07) is 2.84. The van der Waals surface area contributed by atoms with Gasteiger partial charge in [-0.25, -0.2) is 10.0 Å². The lowest BCUT2D eigenvalue weighted by Crippen LogP contribution is -2.38. The highest BCUT2D eigenvalue weighted by molar-refractivity contribution is 5.81. The summed E-state index contributed by atoms with van der Waals surface area (Å²) in [5.74, 6) is -0.634. The van der Waals surface area contributed by atoms with Gasteiger partial charge in [-0.2, -0.15) is 4.39 Å². The molecule has 1 aromatic rings. The normalized spacial score (nSPS) is 20.2. The van der Waals surface area contributed by atoms with E-state index in [1.807, 2.05) is 20.8 Å². The first-order chi connectivity index (χ1) is 8.39. The van der Waals surface area contributed by atoms with Crippen molar-refractivity contribution in [2.75, 3.05) is 6.61 Å². The number of hydroxylamine groups is 2. The number of aromatic nitrogens is 1. The van der Waals surface area contributed by atoms with E-state index in [0.717, 1.165) is 5.56 Å². The molecule has 5 heteroatoms. The minimum atomic E-state index is -0.539. The molecule has 1 aliphatic rings. The van der Waals surface area contributed by atoms with Crippen LogP contribution in [0.2, 0.25) is 0 Å². The summed E-state index contributed by atoms with van der Waals surface area (Å²) in [6.07, 6.45) is 2.08. The number of pyridine rings is 1. The second-order valence-corrected chi connectivity index (χ2v) is 5.43. The number of carbonyl (C=O) groups excluding carboxylic acids is 1. The SMILES string of the molecule is CC(C)(C)C(=O)N1OCC[C@H]1c1ccnc(F)c1. The van der Waals surface area contributed by atoms with Crippen molar-refractivity contribution in [1.82, 2.24) is 10.0 Å². The maximum atomic E-state index is 13.1. The van der Waals surface area contributed by atoms with Gasteiger partial charge >= 0.3 is 0 Å². The van der Waals surface area contributed by atoms with Crippen LogP contribution >= 0.6 is 0 Å². The molecular formula is C13H17FN2O2. The van der Waals surface area contributed by atoms with Crippen molar-refractivity contribution >= 4 is 5.91 Å². The van der Waals surface area contributed by atoms with Gasteiger partial charge in [0, 0.05) is 18.0 Å². The Labute approximate surface area is 106 Å². The van der Waals surface area contributed by atoms with E-state index < -0.39 is 11.4 Å². The molecule has 4 nitrogen and oxygen atoms in total. The smallest absolute Gasteiger partial charge is 0.252 e. The summed E-state index contributed by atoms with van der Waals surface area (Å²) < 4.78 is 13.1. The molecule has 0 aliphatic carbocycles. The summed E-state index contributed by atoms with van der Waals surface area (Å²) in [5.41, 5.74) is 0.200. The maximum Gasteiger partial charge on any atom is 0.252 e. The number of hydrogen-bond acceptors (Lipinski definition) is 3. The highest BCUT2D eigenvalue weighted by atomic mass is 19.1. The van der Waals surface area contributed by atoms with E-state index in [2.05, 4.69) is 4.98 Å². The van der Waals surface area contributed by atoms with Crippen LogP contribution in [0, 0.1) is 11.4 Å². The van der Waals surface area contributed by atoms with Crippen LogP contribution < -0.4 is 0 Å². The maximum absolute atomic E-state index is 13.1. The van der Waals surface area contributed by atoms with E-state index in [0.29, 0.717) is 13.0 Å². The Morgan fingerprint density at radius 1 is 1.56 bits per heavy atom. The second kappa shape index (κ2) is 4.65. The summed E-state index contributed by atoms with van der Waals surface area (Å²) in [7, 11) is 0. The van der Waals surface area contributed by atoms with Crippen LogP contribution in [0.3, 0.4) is 0 Å². The van der Waals surface area contributed by atoms with E-state index in [1.165, 1.54) is 17.3 Å². The first-order valence-electron chi connectivity index (χ1n) is 5.97. The van der Waals surface area contributed by atoms with E-state index in [9.17, 15) is 9.18 Å². The molecule has 0 spiro atoms. The van der Waals surface area contributed by atoms with Crippen LogP contribution in [0.25, 0.3) is 0 Å². The molecule has 1 aliphatic heterocycles. The number of amides is 1. The Balaban J connectivity index is 2.25. The van der Waals surface area contributed by atoms with Gasteiger partial charge in [0.15, 0.2) is 0 Å². The molecule has 1 amide bonds. The molecular weight excluding hydrogens is 235 g/mol. The zero-order chi connectivity index (χ0) is 13.3. The fourth-order valence-electron chi connectivity index (χ4n) is 1.93. The molecule has 18 heavy (non-hydrogen) atoms. The van der Waals surface area contributed by atoms with Gasteiger partial charge in [-0.3, -0.25) is 9.63 Å². The quantitative estimate of drug-likeness (QED) is 0.721. The molecule has 0 unspecified atom stereocenters. The Morgan fingerprint density at radius 2 is 2.28 bits per heavy atom. The molecule has 2 heterocycles. The Hall–Kier alpha value is -1.49. The van der Waals surface area contributed by atoms with Crippen LogP contribution in [-0.4, -0.2) is 22.6 Å². The zero-order valence-electron chi connectivity index (χ0n) is 10.8. The van der Waals surface area contributed by atoms with Crippen molar-refractivity contribution in [3.8, 4) is 0 Å². The predicted octanol–water partition coefficient (Wildman–Crippen LogP) is 2.47. The minimum Gasteiger partial charge on any atom is -0.272 e. The standard InChI is InChI=1S/C13H17FN2O2/c1-13(2,3)12(17)16-10(5-7-18-16)9-4-6-15-11(14)8-9/h4,6,8,10H,5,7H2,1-3H3/t10-/m0/s1. The third-order valence-corrected chi connectivity index (χ3v) is 2.88. The van der Waals surface area contributed by atoms with Gasteiger partial charge in [-0.05, 0) is 17.7 Å². The Morgan fingerprint density at radius 3 is 2.89 bits per heavy atom. The topological polar surface area (TPSA) is 42.4 Å². The molecule has 1 atom stereocenters. The van der Waals surface area contributed by atoms with Crippen LogP contribution in [0.15, 0.2) is 18.3 Å². The summed E-state index contributed by atoms with van der Waals surface area (Å²) in [4.78, 5) is 21.1. The molecule has 0 N–H and O–H groups in total. The van der Waals surface area contributed by atoms with Gasteiger partial charge in [-0.1, -0.05) is 20.8 Å². The van der Waals surface area contributed by atoms with Crippen molar-refractivity contribution in [2.24, 2.45) is 5.41 Å². The fourth-order valence-corrected chi connectivity index (χ4v) is 1.93. The first kappa shape index (κ1) is 13.0. The van der Waals surface area contributed by atoms with Crippen LogP contribution in [0.4, 0.5) is 4.39 Å². The number of rotatable bonds is 1. The van der Waals surface area contributed by atoms with Crippen molar-refractivity contribution in [3.05, 3.63) is 29.8 Å². The second-order valence-electron chi connectivity index (χ2n) is 5.43. The number of nitrogens with zero attached hydrogens (tertiary/aromatic N) is 2. The van der Waals surface area contributed by atoms with Gasteiger partial charge in [0.2, 0.25) is 5.95 Å². The van der Waals surface area contributed by atoms with Crippen molar-refractivity contribution in [3.63, 3.8) is 0 Å². The van der Waals surface area contributed by atoms with E-state index in [-0.39, 0.29) is 11.9 Å². The Bertz CT molecular complexity index is 457. The van der Waals surface area contributed by atoms with Crippen LogP contribution in [-0.2, 0) is 9.63 Å².